The van der Waals surface area contributed by atoms with Gasteiger partial charge in [-0.25, -0.2) is 8.42 Å². The van der Waals surface area contributed by atoms with Gasteiger partial charge in [0.05, 0.1) is 6.26 Å². The minimum absolute atomic E-state index is 0.127. The van der Waals surface area contributed by atoms with E-state index in [1.54, 1.807) is 12.1 Å². The quantitative estimate of drug-likeness (QED) is 0.695. The molecule has 22 heavy (non-hydrogen) atoms. The summed E-state index contributed by atoms with van der Waals surface area (Å²) in [5.41, 5.74) is 1.08. The highest BCUT2D eigenvalue weighted by Crippen LogP contribution is 2.09. The smallest absolute Gasteiger partial charge is 0.221 e. The summed E-state index contributed by atoms with van der Waals surface area (Å²) in [6.07, 6.45) is 3.45. The molecule has 1 rings (SSSR count). The van der Waals surface area contributed by atoms with E-state index in [4.69, 9.17) is 11.6 Å². The van der Waals surface area contributed by atoms with Crippen LogP contribution in [0.2, 0.25) is 5.02 Å². The Morgan fingerprint density at radius 1 is 1.36 bits per heavy atom. The van der Waals surface area contributed by atoms with E-state index in [9.17, 15) is 13.2 Å². The maximum absolute atomic E-state index is 11.7. The van der Waals surface area contributed by atoms with Crippen LogP contribution in [0.15, 0.2) is 36.9 Å². The molecule has 0 aliphatic heterocycles. The normalized spacial score (nSPS) is 11.4. The summed E-state index contributed by atoms with van der Waals surface area (Å²) in [5, 5.41) is 3.45. The highest BCUT2D eigenvalue weighted by molar-refractivity contribution is 7.88. The van der Waals surface area contributed by atoms with E-state index in [-0.39, 0.29) is 25.4 Å². The zero-order valence-electron chi connectivity index (χ0n) is 12.6. The number of benzene rings is 1. The number of nitrogens with zero attached hydrogens (tertiary/aromatic N) is 1. The van der Waals surface area contributed by atoms with Gasteiger partial charge in [0.25, 0.3) is 0 Å². The van der Waals surface area contributed by atoms with Gasteiger partial charge >= 0.3 is 0 Å². The minimum Gasteiger partial charge on any atom is -0.356 e. The summed E-state index contributed by atoms with van der Waals surface area (Å²) in [7, 11) is -3.32. The maximum atomic E-state index is 11.7. The summed E-state index contributed by atoms with van der Waals surface area (Å²) >= 11 is 5.80. The summed E-state index contributed by atoms with van der Waals surface area (Å²) in [4.78, 5) is 11.7. The minimum atomic E-state index is -3.32. The zero-order chi connectivity index (χ0) is 16.6. The van der Waals surface area contributed by atoms with Gasteiger partial charge in [-0.15, -0.1) is 6.58 Å². The second-order valence-corrected chi connectivity index (χ2v) is 7.30. The number of rotatable bonds is 9. The molecule has 7 heteroatoms. The molecule has 1 N–H and O–H groups in total. The summed E-state index contributed by atoms with van der Waals surface area (Å²) in [5.74, 6) is -0.174. The lowest BCUT2D eigenvalue weighted by molar-refractivity contribution is -0.121. The fraction of sp³-hybridized carbons (Fsp3) is 0.400. The van der Waals surface area contributed by atoms with Crippen molar-refractivity contribution in [2.75, 3.05) is 25.9 Å². The molecule has 0 radical (unpaired) electrons. The van der Waals surface area contributed by atoms with Gasteiger partial charge in [0.1, 0.15) is 0 Å². The lowest BCUT2D eigenvalue weighted by Crippen LogP contribution is -2.35. The van der Waals surface area contributed by atoms with E-state index >= 15 is 0 Å². The molecule has 1 aromatic rings. The second-order valence-electron chi connectivity index (χ2n) is 4.89. The first-order valence-corrected chi connectivity index (χ1v) is 9.12. The van der Waals surface area contributed by atoms with Crippen molar-refractivity contribution in [1.82, 2.24) is 9.62 Å². The first kappa shape index (κ1) is 18.7. The topological polar surface area (TPSA) is 66.5 Å². The molecule has 0 atom stereocenters. The van der Waals surface area contributed by atoms with E-state index in [0.29, 0.717) is 18.0 Å². The average Bonchev–Trinajstić information content (AvgIpc) is 2.44. The Bertz CT molecular complexity index is 600. The Balaban J connectivity index is 2.33. The van der Waals surface area contributed by atoms with Crippen molar-refractivity contribution in [3.05, 3.63) is 47.5 Å². The molecule has 0 spiro atoms. The van der Waals surface area contributed by atoms with Gasteiger partial charge in [-0.05, 0) is 24.1 Å². The molecule has 0 unspecified atom stereocenters. The van der Waals surface area contributed by atoms with Crippen LogP contribution in [0.5, 0.6) is 0 Å². The van der Waals surface area contributed by atoms with Crippen molar-refractivity contribution in [3.8, 4) is 0 Å². The van der Waals surface area contributed by atoms with Crippen LogP contribution in [0, 0.1) is 0 Å². The van der Waals surface area contributed by atoms with Gasteiger partial charge in [-0.2, -0.15) is 4.31 Å². The number of hydrogen-bond donors (Lipinski definition) is 1. The van der Waals surface area contributed by atoms with Crippen molar-refractivity contribution in [1.29, 1.82) is 0 Å². The molecule has 0 saturated heterocycles. The lowest BCUT2D eigenvalue weighted by atomic mass is 10.1. The number of amides is 1. The van der Waals surface area contributed by atoms with Crippen LogP contribution in [0.4, 0.5) is 0 Å². The lowest BCUT2D eigenvalue weighted by Gasteiger charge is -2.17. The highest BCUT2D eigenvalue weighted by Gasteiger charge is 2.15. The first-order valence-electron chi connectivity index (χ1n) is 6.90. The van der Waals surface area contributed by atoms with Gasteiger partial charge in [0.2, 0.25) is 15.9 Å². The molecular weight excluding hydrogens is 324 g/mol. The van der Waals surface area contributed by atoms with Crippen molar-refractivity contribution in [2.45, 2.75) is 12.8 Å². The number of sulfonamides is 1. The number of hydrogen-bond acceptors (Lipinski definition) is 3. The van der Waals surface area contributed by atoms with Crippen molar-refractivity contribution in [3.63, 3.8) is 0 Å². The largest absolute Gasteiger partial charge is 0.356 e. The molecule has 1 aromatic carbocycles. The Hall–Kier alpha value is -1.37. The predicted octanol–water partition coefficient (Wildman–Crippen LogP) is 1.84. The molecule has 0 heterocycles. The Labute approximate surface area is 137 Å². The third-order valence-corrected chi connectivity index (χ3v) is 4.56. The molecule has 0 fully saturated rings. The van der Waals surface area contributed by atoms with E-state index < -0.39 is 10.0 Å². The van der Waals surface area contributed by atoms with E-state index in [1.165, 1.54) is 10.4 Å². The molecule has 1 amide bonds. The van der Waals surface area contributed by atoms with Gasteiger partial charge in [0, 0.05) is 31.1 Å². The Morgan fingerprint density at radius 3 is 2.55 bits per heavy atom. The standard InChI is InChI=1S/C15H21ClN2O3S/c1-3-11-18(22(2,20)21)12-9-15(19)17-10-8-13-4-6-14(16)7-5-13/h3-7H,1,8-12H2,2H3,(H,17,19). The molecule has 122 valence electrons. The van der Waals surface area contributed by atoms with Crippen LogP contribution in [-0.4, -0.2) is 44.5 Å². The predicted molar refractivity (Wildman–Crippen MR) is 89.4 cm³/mol. The number of carbonyl (C=O) groups is 1. The highest BCUT2D eigenvalue weighted by atomic mass is 35.5. The molecule has 0 saturated carbocycles. The monoisotopic (exact) mass is 344 g/mol. The van der Waals surface area contributed by atoms with Crippen LogP contribution in [0.1, 0.15) is 12.0 Å². The van der Waals surface area contributed by atoms with Crippen molar-refractivity contribution in [2.24, 2.45) is 0 Å². The molecule has 0 bridgehead atoms. The molecule has 0 aromatic heterocycles. The van der Waals surface area contributed by atoms with Gasteiger partial charge in [-0.3, -0.25) is 4.79 Å². The van der Waals surface area contributed by atoms with Crippen LogP contribution < -0.4 is 5.32 Å². The molecule has 0 aliphatic carbocycles. The summed E-state index contributed by atoms with van der Waals surface area (Å²) < 4.78 is 24.2. The van der Waals surface area contributed by atoms with Crippen LogP contribution in [-0.2, 0) is 21.2 Å². The SMILES string of the molecule is C=CCN(CCC(=O)NCCc1ccc(Cl)cc1)S(C)(=O)=O. The third-order valence-electron chi connectivity index (χ3n) is 3.04. The number of halogens is 1. The van der Waals surface area contributed by atoms with Crippen LogP contribution >= 0.6 is 11.6 Å². The molecule has 5 nitrogen and oxygen atoms in total. The number of nitrogens with one attached hydrogen (secondary N) is 1. The van der Waals surface area contributed by atoms with E-state index in [0.717, 1.165) is 11.8 Å². The van der Waals surface area contributed by atoms with Gasteiger partial charge < -0.3 is 5.32 Å². The van der Waals surface area contributed by atoms with Crippen molar-refractivity contribution >= 4 is 27.5 Å². The molecular formula is C15H21ClN2O3S. The fourth-order valence-corrected chi connectivity index (χ4v) is 2.77. The fourth-order valence-electron chi connectivity index (χ4n) is 1.85. The summed E-state index contributed by atoms with van der Waals surface area (Å²) in [6, 6.07) is 7.42. The van der Waals surface area contributed by atoms with Gasteiger partial charge in [-0.1, -0.05) is 29.8 Å². The third kappa shape index (κ3) is 7.06. The van der Waals surface area contributed by atoms with Crippen LogP contribution in [0.3, 0.4) is 0 Å². The number of carbonyl (C=O) groups excluding carboxylic acids is 1. The van der Waals surface area contributed by atoms with Crippen LogP contribution in [0.25, 0.3) is 0 Å². The molecule has 0 aliphatic rings. The van der Waals surface area contributed by atoms with E-state index in [1.807, 2.05) is 12.1 Å². The Kier molecular flexibility index (Phi) is 7.58. The zero-order valence-corrected chi connectivity index (χ0v) is 14.2. The summed E-state index contributed by atoms with van der Waals surface area (Å²) in [6.45, 7) is 4.37. The first-order chi connectivity index (χ1) is 10.3. The maximum Gasteiger partial charge on any atom is 0.221 e. The second kappa shape index (κ2) is 8.92. The van der Waals surface area contributed by atoms with Crippen molar-refractivity contribution < 1.29 is 13.2 Å². The average molecular weight is 345 g/mol. The Morgan fingerprint density at radius 2 is 2.00 bits per heavy atom. The van der Waals surface area contributed by atoms with E-state index in [2.05, 4.69) is 11.9 Å². The van der Waals surface area contributed by atoms with Gasteiger partial charge in [0.15, 0.2) is 0 Å².